The summed E-state index contributed by atoms with van der Waals surface area (Å²) in [4.78, 5) is 0. The summed E-state index contributed by atoms with van der Waals surface area (Å²) in [5.74, 6) is 0.696. The number of rotatable bonds is 2. The van der Waals surface area contributed by atoms with Gasteiger partial charge in [-0.15, -0.1) is 0 Å². The second-order valence-corrected chi connectivity index (χ2v) is 4.27. The summed E-state index contributed by atoms with van der Waals surface area (Å²) >= 11 is 0. The smallest absolute Gasteiger partial charge is 0.0687 e. The van der Waals surface area contributed by atoms with Crippen molar-refractivity contribution in [3.63, 3.8) is 0 Å². The van der Waals surface area contributed by atoms with Crippen LogP contribution in [0.3, 0.4) is 0 Å². The highest BCUT2D eigenvalue weighted by atomic mass is 15.3. The Kier molecular flexibility index (Phi) is 2.59. The molecule has 1 heterocycles. The second kappa shape index (κ2) is 3.73. The molecule has 3 nitrogen and oxygen atoms in total. The molecule has 1 aromatic heterocycles. The van der Waals surface area contributed by atoms with E-state index >= 15 is 0 Å². The van der Waals surface area contributed by atoms with E-state index in [0.717, 1.165) is 0 Å². The fourth-order valence-electron chi connectivity index (χ4n) is 2.56. The highest BCUT2D eigenvalue weighted by Crippen LogP contribution is 2.35. The lowest BCUT2D eigenvalue weighted by Crippen LogP contribution is -2.05. The predicted octanol–water partition coefficient (Wildman–Crippen LogP) is 1.84. The maximum Gasteiger partial charge on any atom is 0.0687 e. The maximum atomic E-state index is 5.70. The Hall–Kier alpha value is -0.830. The standard InChI is InChI=1S/C11H19N3/c1-8-10(7-12)14(2)13-11(8)9-5-3-4-6-9/h9H,3-7,12H2,1-2H3. The van der Waals surface area contributed by atoms with E-state index in [-0.39, 0.29) is 0 Å². The van der Waals surface area contributed by atoms with Gasteiger partial charge in [0.1, 0.15) is 0 Å². The van der Waals surface area contributed by atoms with E-state index in [4.69, 9.17) is 5.73 Å². The van der Waals surface area contributed by atoms with Gasteiger partial charge in [0.05, 0.1) is 11.4 Å². The van der Waals surface area contributed by atoms with Crippen molar-refractivity contribution in [3.8, 4) is 0 Å². The van der Waals surface area contributed by atoms with Crippen molar-refractivity contribution >= 4 is 0 Å². The molecule has 0 unspecified atom stereocenters. The molecule has 3 heteroatoms. The third-order valence-electron chi connectivity index (χ3n) is 3.40. The highest BCUT2D eigenvalue weighted by molar-refractivity contribution is 5.28. The van der Waals surface area contributed by atoms with Gasteiger partial charge in [-0.2, -0.15) is 5.10 Å². The molecule has 1 fully saturated rings. The molecule has 0 atom stereocenters. The molecule has 2 N–H and O–H groups in total. The van der Waals surface area contributed by atoms with Gasteiger partial charge in [-0.1, -0.05) is 12.8 Å². The molecular weight excluding hydrogens is 174 g/mol. The zero-order valence-electron chi connectivity index (χ0n) is 9.08. The van der Waals surface area contributed by atoms with Crippen molar-refractivity contribution in [1.82, 2.24) is 9.78 Å². The average Bonchev–Trinajstić information content (AvgIpc) is 2.74. The minimum atomic E-state index is 0.599. The fraction of sp³-hybridized carbons (Fsp3) is 0.727. The Bertz CT molecular complexity index is 322. The summed E-state index contributed by atoms with van der Waals surface area (Å²) in [6, 6.07) is 0. The van der Waals surface area contributed by atoms with Crippen LogP contribution in [-0.2, 0) is 13.6 Å². The lowest BCUT2D eigenvalue weighted by atomic mass is 10.00. The highest BCUT2D eigenvalue weighted by Gasteiger charge is 2.23. The molecule has 1 aliphatic rings. The lowest BCUT2D eigenvalue weighted by molar-refractivity contribution is 0.645. The summed E-state index contributed by atoms with van der Waals surface area (Å²) in [5.41, 5.74) is 9.51. The Morgan fingerprint density at radius 2 is 2.07 bits per heavy atom. The molecule has 0 aliphatic heterocycles. The number of nitrogens with two attached hydrogens (primary N) is 1. The summed E-state index contributed by atoms with van der Waals surface area (Å²) in [7, 11) is 1.99. The van der Waals surface area contributed by atoms with E-state index in [9.17, 15) is 0 Å². The van der Waals surface area contributed by atoms with Gasteiger partial charge in [-0.05, 0) is 25.3 Å². The topological polar surface area (TPSA) is 43.8 Å². The number of aromatic nitrogens is 2. The van der Waals surface area contributed by atoms with Crippen molar-refractivity contribution in [2.24, 2.45) is 12.8 Å². The number of aryl methyl sites for hydroxylation is 1. The molecule has 0 saturated heterocycles. The van der Waals surface area contributed by atoms with E-state index in [2.05, 4.69) is 12.0 Å². The molecular formula is C11H19N3. The molecule has 14 heavy (non-hydrogen) atoms. The third-order valence-corrected chi connectivity index (χ3v) is 3.40. The molecule has 0 aromatic carbocycles. The van der Waals surface area contributed by atoms with Crippen LogP contribution in [0.2, 0.25) is 0 Å². The van der Waals surface area contributed by atoms with E-state index in [1.807, 2.05) is 11.7 Å². The number of hydrogen-bond acceptors (Lipinski definition) is 2. The lowest BCUT2D eigenvalue weighted by Gasteiger charge is -2.05. The quantitative estimate of drug-likeness (QED) is 0.779. The Labute approximate surface area is 85.3 Å². The molecule has 1 saturated carbocycles. The molecule has 0 bridgehead atoms. The first-order chi connectivity index (χ1) is 6.74. The van der Waals surface area contributed by atoms with Crippen LogP contribution in [0.5, 0.6) is 0 Å². The van der Waals surface area contributed by atoms with Gasteiger partial charge in [-0.3, -0.25) is 4.68 Å². The van der Waals surface area contributed by atoms with Gasteiger partial charge >= 0.3 is 0 Å². The van der Waals surface area contributed by atoms with E-state index in [1.165, 1.54) is 42.6 Å². The second-order valence-electron chi connectivity index (χ2n) is 4.27. The molecule has 78 valence electrons. The maximum absolute atomic E-state index is 5.70. The summed E-state index contributed by atoms with van der Waals surface area (Å²) in [6.45, 7) is 2.75. The fourth-order valence-corrected chi connectivity index (χ4v) is 2.56. The monoisotopic (exact) mass is 193 g/mol. The first kappa shape index (κ1) is 9.71. The van der Waals surface area contributed by atoms with Crippen molar-refractivity contribution in [2.45, 2.75) is 45.1 Å². The van der Waals surface area contributed by atoms with Crippen LogP contribution in [0.1, 0.15) is 48.6 Å². The van der Waals surface area contributed by atoms with Crippen LogP contribution in [0, 0.1) is 6.92 Å². The predicted molar refractivity (Wildman–Crippen MR) is 57.0 cm³/mol. The third kappa shape index (κ3) is 1.46. The summed E-state index contributed by atoms with van der Waals surface area (Å²) in [5, 5.41) is 4.60. The van der Waals surface area contributed by atoms with Gasteiger partial charge in [0.2, 0.25) is 0 Å². The first-order valence-electron chi connectivity index (χ1n) is 5.46. The largest absolute Gasteiger partial charge is 0.325 e. The summed E-state index contributed by atoms with van der Waals surface area (Å²) in [6.07, 6.45) is 5.33. The van der Waals surface area contributed by atoms with Crippen molar-refractivity contribution in [1.29, 1.82) is 0 Å². The van der Waals surface area contributed by atoms with Crippen LogP contribution in [0.25, 0.3) is 0 Å². The Morgan fingerprint density at radius 1 is 1.43 bits per heavy atom. The average molecular weight is 193 g/mol. The zero-order valence-corrected chi connectivity index (χ0v) is 9.08. The van der Waals surface area contributed by atoms with Crippen LogP contribution in [0.4, 0.5) is 0 Å². The van der Waals surface area contributed by atoms with E-state index in [1.54, 1.807) is 0 Å². The van der Waals surface area contributed by atoms with E-state index < -0.39 is 0 Å². The Morgan fingerprint density at radius 3 is 2.57 bits per heavy atom. The van der Waals surface area contributed by atoms with Crippen molar-refractivity contribution in [3.05, 3.63) is 17.0 Å². The normalized spacial score (nSPS) is 17.9. The van der Waals surface area contributed by atoms with Gasteiger partial charge in [0.15, 0.2) is 0 Å². The molecule has 0 amide bonds. The van der Waals surface area contributed by atoms with Crippen molar-refractivity contribution < 1.29 is 0 Å². The SMILES string of the molecule is Cc1c(C2CCCC2)nn(C)c1CN. The number of nitrogens with zero attached hydrogens (tertiary/aromatic N) is 2. The Balaban J connectivity index is 2.33. The van der Waals surface area contributed by atoms with E-state index in [0.29, 0.717) is 12.5 Å². The van der Waals surface area contributed by atoms with Gasteiger partial charge in [0, 0.05) is 19.5 Å². The molecule has 2 rings (SSSR count). The van der Waals surface area contributed by atoms with Crippen LogP contribution in [0.15, 0.2) is 0 Å². The number of hydrogen-bond donors (Lipinski definition) is 1. The van der Waals surface area contributed by atoms with Gasteiger partial charge in [0.25, 0.3) is 0 Å². The molecule has 1 aromatic rings. The zero-order chi connectivity index (χ0) is 10.1. The molecule has 0 radical (unpaired) electrons. The van der Waals surface area contributed by atoms with Crippen molar-refractivity contribution in [2.75, 3.05) is 0 Å². The first-order valence-corrected chi connectivity index (χ1v) is 5.46. The van der Waals surface area contributed by atoms with Crippen LogP contribution in [-0.4, -0.2) is 9.78 Å². The molecule has 0 spiro atoms. The van der Waals surface area contributed by atoms with Crippen LogP contribution >= 0.6 is 0 Å². The van der Waals surface area contributed by atoms with Gasteiger partial charge in [-0.25, -0.2) is 0 Å². The molecule has 1 aliphatic carbocycles. The van der Waals surface area contributed by atoms with Crippen LogP contribution < -0.4 is 5.73 Å². The minimum absolute atomic E-state index is 0.599. The minimum Gasteiger partial charge on any atom is -0.325 e. The summed E-state index contributed by atoms with van der Waals surface area (Å²) < 4.78 is 1.95. The van der Waals surface area contributed by atoms with Gasteiger partial charge < -0.3 is 5.73 Å².